The third kappa shape index (κ3) is 2.18. The molecule has 1 aromatic carbocycles. The second kappa shape index (κ2) is 4.96. The normalized spacial score (nSPS) is 15.8. The minimum atomic E-state index is 0.462. The second-order valence-electron chi connectivity index (χ2n) is 5.04. The lowest BCUT2D eigenvalue weighted by molar-refractivity contribution is 0.416. The number of aromatic nitrogens is 2. The van der Waals surface area contributed by atoms with Crippen molar-refractivity contribution in [3.05, 3.63) is 30.3 Å². The van der Waals surface area contributed by atoms with Crippen molar-refractivity contribution < 1.29 is 4.74 Å². The van der Waals surface area contributed by atoms with Crippen molar-refractivity contribution in [3.63, 3.8) is 0 Å². The molecule has 4 heteroatoms. The van der Waals surface area contributed by atoms with Gasteiger partial charge >= 0.3 is 0 Å². The molecule has 2 aromatic rings. The van der Waals surface area contributed by atoms with Gasteiger partial charge in [0, 0.05) is 11.6 Å². The summed E-state index contributed by atoms with van der Waals surface area (Å²) in [6, 6.07) is 10.3. The number of hydrogen-bond acceptors (Lipinski definition) is 3. The zero-order valence-corrected chi connectivity index (χ0v) is 11.2. The lowest BCUT2D eigenvalue weighted by Gasteiger charge is -2.11. The van der Waals surface area contributed by atoms with Crippen LogP contribution in [0.15, 0.2) is 30.3 Å². The van der Waals surface area contributed by atoms with Crippen molar-refractivity contribution in [2.75, 3.05) is 12.8 Å². The quantitative estimate of drug-likeness (QED) is 0.918. The van der Waals surface area contributed by atoms with Gasteiger partial charge in [-0.25, -0.2) is 4.68 Å². The monoisotopic (exact) mass is 257 g/mol. The highest BCUT2D eigenvalue weighted by Crippen LogP contribution is 2.34. The summed E-state index contributed by atoms with van der Waals surface area (Å²) < 4.78 is 7.37. The predicted molar refractivity (Wildman–Crippen MR) is 76.1 cm³/mol. The van der Waals surface area contributed by atoms with E-state index in [2.05, 4.69) is 5.10 Å². The van der Waals surface area contributed by atoms with Crippen LogP contribution in [0.25, 0.3) is 11.3 Å². The third-order valence-corrected chi connectivity index (χ3v) is 3.82. The van der Waals surface area contributed by atoms with E-state index in [0.29, 0.717) is 6.04 Å². The Labute approximate surface area is 113 Å². The van der Waals surface area contributed by atoms with Gasteiger partial charge in [-0.2, -0.15) is 5.10 Å². The van der Waals surface area contributed by atoms with Gasteiger partial charge in [-0.15, -0.1) is 0 Å². The summed E-state index contributed by atoms with van der Waals surface area (Å²) in [5, 5.41) is 4.68. The number of anilines is 1. The molecule has 1 aliphatic rings. The maximum atomic E-state index is 6.11. The summed E-state index contributed by atoms with van der Waals surface area (Å²) in [6.07, 6.45) is 4.90. The molecule has 1 aromatic heterocycles. The number of nitrogen functional groups attached to an aromatic ring is 1. The molecule has 0 unspecified atom stereocenters. The van der Waals surface area contributed by atoms with E-state index in [0.717, 1.165) is 22.8 Å². The number of ether oxygens (including phenoxy) is 1. The van der Waals surface area contributed by atoms with Crippen molar-refractivity contribution in [2.45, 2.75) is 31.7 Å². The highest BCUT2D eigenvalue weighted by molar-refractivity contribution is 5.69. The van der Waals surface area contributed by atoms with Crippen LogP contribution in [0.5, 0.6) is 5.75 Å². The summed E-state index contributed by atoms with van der Waals surface area (Å²) in [4.78, 5) is 0. The first kappa shape index (κ1) is 12.1. The van der Waals surface area contributed by atoms with E-state index in [1.807, 2.05) is 35.0 Å². The molecule has 0 radical (unpaired) electrons. The van der Waals surface area contributed by atoms with Crippen molar-refractivity contribution in [2.24, 2.45) is 0 Å². The molecule has 19 heavy (non-hydrogen) atoms. The Balaban J connectivity index is 1.99. The number of nitrogens with zero attached hydrogens (tertiary/aromatic N) is 2. The molecule has 0 saturated heterocycles. The van der Waals surface area contributed by atoms with E-state index in [-0.39, 0.29) is 0 Å². The zero-order valence-electron chi connectivity index (χ0n) is 11.2. The van der Waals surface area contributed by atoms with Crippen LogP contribution in [0.3, 0.4) is 0 Å². The van der Waals surface area contributed by atoms with Gasteiger partial charge < -0.3 is 10.5 Å². The zero-order chi connectivity index (χ0) is 13.2. The number of para-hydroxylation sites is 1. The van der Waals surface area contributed by atoms with Gasteiger partial charge in [0.1, 0.15) is 11.6 Å². The molecule has 0 bridgehead atoms. The summed E-state index contributed by atoms with van der Waals surface area (Å²) in [7, 11) is 1.68. The van der Waals surface area contributed by atoms with Crippen LogP contribution in [0.1, 0.15) is 31.7 Å². The molecule has 1 saturated carbocycles. The van der Waals surface area contributed by atoms with E-state index in [4.69, 9.17) is 10.5 Å². The van der Waals surface area contributed by atoms with Gasteiger partial charge in [0.2, 0.25) is 0 Å². The van der Waals surface area contributed by atoms with Gasteiger partial charge in [0.05, 0.1) is 18.8 Å². The first-order valence-corrected chi connectivity index (χ1v) is 6.78. The van der Waals surface area contributed by atoms with E-state index in [1.165, 1.54) is 25.7 Å². The molecule has 2 N–H and O–H groups in total. The Hall–Kier alpha value is -1.97. The van der Waals surface area contributed by atoms with Crippen LogP contribution in [-0.2, 0) is 0 Å². The minimum Gasteiger partial charge on any atom is -0.496 e. The Morgan fingerprint density at radius 2 is 2.00 bits per heavy atom. The lowest BCUT2D eigenvalue weighted by atomic mass is 10.1. The molecule has 3 rings (SSSR count). The second-order valence-corrected chi connectivity index (χ2v) is 5.04. The topological polar surface area (TPSA) is 53.1 Å². The van der Waals surface area contributed by atoms with Crippen molar-refractivity contribution in [3.8, 4) is 17.0 Å². The maximum absolute atomic E-state index is 6.11. The van der Waals surface area contributed by atoms with Crippen LogP contribution in [0.4, 0.5) is 5.82 Å². The van der Waals surface area contributed by atoms with E-state index >= 15 is 0 Å². The van der Waals surface area contributed by atoms with Crippen LogP contribution in [0, 0.1) is 0 Å². The highest BCUT2D eigenvalue weighted by Gasteiger charge is 2.21. The summed E-state index contributed by atoms with van der Waals surface area (Å²) in [5.41, 5.74) is 7.99. The van der Waals surface area contributed by atoms with Gasteiger partial charge in [-0.05, 0) is 25.0 Å². The Kier molecular flexibility index (Phi) is 3.15. The molecule has 0 amide bonds. The van der Waals surface area contributed by atoms with E-state index < -0.39 is 0 Å². The van der Waals surface area contributed by atoms with Crippen LogP contribution >= 0.6 is 0 Å². The highest BCUT2D eigenvalue weighted by atomic mass is 16.5. The first-order valence-electron chi connectivity index (χ1n) is 6.78. The van der Waals surface area contributed by atoms with Crippen molar-refractivity contribution in [1.82, 2.24) is 9.78 Å². The molecule has 0 atom stereocenters. The number of rotatable bonds is 3. The first-order chi connectivity index (χ1) is 9.29. The lowest BCUT2D eigenvalue weighted by Crippen LogP contribution is -2.09. The number of benzene rings is 1. The van der Waals surface area contributed by atoms with Gasteiger partial charge in [-0.3, -0.25) is 0 Å². The van der Waals surface area contributed by atoms with Crippen molar-refractivity contribution >= 4 is 5.82 Å². The van der Waals surface area contributed by atoms with Crippen LogP contribution in [0.2, 0.25) is 0 Å². The predicted octanol–water partition coefficient (Wildman–Crippen LogP) is 3.26. The number of methoxy groups -OCH3 is 1. The number of hydrogen-bond donors (Lipinski definition) is 1. The number of nitrogens with two attached hydrogens (primary N) is 1. The molecular formula is C15H19N3O. The summed E-state index contributed by atoms with van der Waals surface area (Å²) >= 11 is 0. The summed E-state index contributed by atoms with van der Waals surface area (Å²) in [6.45, 7) is 0. The Bertz CT molecular complexity index is 571. The fourth-order valence-corrected chi connectivity index (χ4v) is 2.84. The van der Waals surface area contributed by atoms with E-state index in [9.17, 15) is 0 Å². The van der Waals surface area contributed by atoms with Gasteiger partial charge in [-0.1, -0.05) is 25.0 Å². The maximum Gasteiger partial charge on any atom is 0.128 e. The van der Waals surface area contributed by atoms with Gasteiger partial charge in [0.25, 0.3) is 0 Å². The Morgan fingerprint density at radius 3 is 2.74 bits per heavy atom. The summed E-state index contributed by atoms with van der Waals surface area (Å²) in [5.74, 6) is 1.58. The molecule has 0 aliphatic heterocycles. The standard InChI is InChI=1S/C15H19N3O/c1-19-14-9-5-4-8-12(14)13-10-15(16)18(17-13)11-6-2-3-7-11/h4-5,8-11H,2-3,6-7,16H2,1H3. The molecule has 1 aliphatic carbocycles. The minimum absolute atomic E-state index is 0.462. The third-order valence-electron chi connectivity index (χ3n) is 3.82. The molecular weight excluding hydrogens is 238 g/mol. The molecule has 4 nitrogen and oxygen atoms in total. The smallest absolute Gasteiger partial charge is 0.128 e. The molecule has 1 fully saturated rings. The fraction of sp³-hybridized carbons (Fsp3) is 0.400. The van der Waals surface area contributed by atoms with E-state index in [1.54, 1.807) is 7.11 Å². The molecule has 100 valence electrons. The van der Waals surface area contributed by atoms with Crippen LogP contribution < -0.4 is 10.5 Å². The van der Waals surface area contributed by atoms with Gasteiger partial charge in [0.15, 0.2) is 0 Å². The Morgan fingerprint density at radius 1 is 1.26 bits per heavy atom. The average molecular weight is 257 g/mol. The van der Waals surface area contributed by atoms with Crippen LogP contribution in [-0.4, -0.2) is 16.9 Å². The largest absolute Gasteiger partial charge is 0.496 e. The molecule has 0 spiro atoms. The average Bonchev–Trinajstić information content (AvgIpc) is 3.07. The fourth-order valence-electron chi connectivity index (χ4n) is 2.84. The van der Waals surface area contributed by atoms with Crippen molar-refractivity contribution in [1.29, 1.82) is 0 Å². The SMILES string of the molecule is COc1ccccc1-c1cc(N)n(C2CCCC2)n1. The molecule has 1 heterocycles.